The Morgan fingerprint density at radius 1 is 1.33 bits per heavy atom. The maximum atomic E-state index is 9.06. The zero-order chi connectivity index (χ0) is 13.0. The SMILES string of the molecule is CN(C)/C=C(\C#N)c1ncc(-c2ccccc2)o1. The van der Waals surface area contributed by atoms with Crippen LogP contribution in [0, 0.1) is 11.3 Å². The summed E-state index contributed by atoms with van der Waals surface area (Å²) in [6, 6.07) is 11.7. The van der Waals surface area contributed by atoms with Gasteiger partial charge in [0.2, 0.25) is 5.89 Å². The standard InChI is InChI=1S/C14H13N3O/c1-17(2)10-12(8-15)14-16-9-13(18-14)11-6-4-3-5-7-11/h3-7,9-10H,1-2H3/b12-10+. The monoisotopic (exact) mass is 239 g/mol. The Kier molecular flexibility index (Phi) is 3.44. The number of allylic oxidation sites excluding steroid dienone is 1. The van der Waals surface area contributed by atoms with E-state index >= 15 is 0 Å². The number of benzene rings is 1. The number of hydrogen-bond donors (Lipinski definition) is 0. The summed E-state index contributed by atoms with van der Waals surface area (Å²) >= 11 is 0. The molecule has 0 amide bonds. The third kappa shape index (κ3) is 2.58. The summed E-state index contributed by atoms with van der Waals surface area (Å²) in [5.41, 5.74) is 1.35. The van der Waals surface area contributed by atoms with Crippen LogP contribution in [-0.2, 0) is 0 Å². The maximum Gasteiger partial charge on any atom is 0.238 e. The molecule has 4 heteroatoms. The van der Waals surface area contributed by atoms with Gasteiger partial charge in [-0.15, -0.1) is 0 Å². The van der Waals surface area contributed by atoms with Crippen LogP contribution in [0.5, 0.6) is 0 Å². The molecule has 1 aromatic heterocycles. The van der Waals surface area contributed by atoms with Gasteiger partial charge in [0, 0.05) is 25.9 Å². The third-order valence-electron chi connectivity index (χ3n) is 2.30. The number of rotatable bonds is 3. The maximum absolute atomic E-state index is 9.06. The van der Waals surface area contributed by atoms with Crippen molar-refractivity contribution in [2.24, 2.45) is 0 Å². The second-order valence-corrected chi connectivity index (χ2v) is 4.01. The first kappa shape index (κ1) is 11.9. The van der Waals surface area contributed by atoms with Gasteiger partial charge in [-0.3, -0.25) is 0 Å². The lowest BCUT2D eigenvalue weighted by atomic mass is 10.2. The first-order chi connectivity index (χ1) is 8.70. The van der Waals surface area contributed by atoms with Crippen molar-refractivity contribution in [3.05, 3.63) is 48.6 Å². The van der Waals surface area contributed by atoms with Crippen molar-refractivity contribution in [2.45, 2.75) is 0 Å². The van der Waals surface area contributed by atoms with E-state index in [4.69, 9.17) is 9.68 Å². The van der Waals surface area contributed by atoms with Crippen molar-refractivity contribution < 1.29 is 4.42 Å². The van der Waals surface area contributed by atoms with Gasteiger partial charge < -0.3 is 9.32 Å². The van der Waals surface area contributed by atoms with Gasteiger partial charge in [0.25, 0.3) is 0 Å². The molecule has 4 nitrogen and oxygen atoms in total. The van der Waals surface area contributed by atoms with Gasteiger partial charge in [-0.1, -0.05) is 30.3 Å². The minimum atomic E-state index is 0.338. The predicted octanol–water partition coefficient (Wildman–Crippen LogP) is 2.77. The van der Waals surface area contributed by atoms with Crippen LogP contribution in [0.25, 0.3) is 16.9 Å². The molecule has 0 unspecified atom stereocenters. The Bertz CT molecular complexity index is 591. The summed E-state index contributed by atoms with van der Waals surface area (Å²) in [5.74, 6) is 0.996. The van der Waals surface area contributed by atoms with E-state index in [2.05, 4.69) is 11.1 Å². The second kappa shape index (κ2) is 5.19. The molecule has 0 fully saturated rings. The van der Waals surface area contributed by atoms with Gasteiger partial charge in [0.05, 0.1) is 6.20 Å². The molecule has 0 atom stereocenters. The average Bonchev–Trinajstić information content (AvgIpc) is 2.86. The zero-order valence-electron chi connectivity index (χ0n) is 10.3. The average molecular weight is 239 g/mol. The van der Waals surface area contributed by atoms with Crippen molar-refractivity contribution in [3.8, 4) is 17.4 Å². The third-order valence-corrected chi connectivity index (χ3v) is 2.30. The molecule has 1 aromatic carbocycles. The van der Waals surface area contributed by atoms with E-state index in [1.807, 2.05) is 44.4 Å². The minimum Gasteiger partial charge on any atom is -0.435 e. The topological polar surface area (TPSA) is 53.1 Å². The fourth-order valence-electron chi connectivity index (χ4n) is 1.52. The van der Waals surface area contributed by atoms with Crippen molar-refractivity contribution in [1.29, 1.82) is 5.26 Å². The van der Waals surface area contributed by atoms with E-state index in [0.717, 1.165) is 5.56 Å². The fourth-order valence-corrected chi connectivity index (χ4v) is 1.52. The quantitative estimate of drug-likeness (QED) is 0.773. The van der Waals surface area contributed by atoms with Crippen LogP contribution in [-0.4, -0.2) is 24.0 Å². The highest BCUT2D eigenvalue weighted by Gasteiger charge is 2.10. The lowest BCUT2D eigenvalue weighted by molar-refractivity contribution is 0.543. The summed E-state index contributed by atoms with van der Waals surface area (Å²) in [6.45, 7) is 0. The van der Waals surface area contributed by atoms with Gasteiger partial charge in [0.15, 0.2) is 5.76 Å². The number of nitriles is 1. The van der Waals surface area contributed by atoms with Crippen LogP contribution in [0.2, 0.25) is 0 Å². The molecular weight excluding hydrogens is 226 g/mol. The van der Waals surface area contributed by atoms with Gasteiger partial charge in [0.1, 0.15) is 11.6 Å². The number of hydrogen-bond acceptors (Lipinski definition) is 4. The number of nitrogens with zero attached hydrogens (tertiary/aromatic N) is 3. The van der Waals surface area contributed by atoms with Crippen molar-refractivity contribution in [3.63, 3.8) is 0 Å². The molecule has 0 aliphatic heterocycles. The summed E-state index contributed by atoms with van der Waals surface area (Å²) in [6.07, 6.45) is 3.31. The molecule has 0 bridgehead atoms. The van der Waals surface area contributed by atoms with Crippen LogP contribution in [0.4, 0.5) is 0 Å². The van der Waals surface area contributed by atoms with Crippen LogP contribution in [0.3, 0.4) is 0 Å². The van der Waals surface area contributed by atoms with Gasteiger partial charge in [-0.2, -0.15) is 5.26 Å². The summed E-state index contributed by atoms with van der Waals surface area (Å²) in [7, 11) is 3.69. The van der Waals surface area contributed by atoms with Crippen LogP contribution in [0.15, 0.2) is 47.1 Å². The van der Waals surface area contributed by atoms with Gasteiger partial charge in [-0.25, -0.2) is 4.98 Å². The molecular formula is C14H13N3O. The first-order valence-electron chi connectivity index (χ1n) is 5.50. The molecule has 0 aliphatic carbocycles. The molecule has 0 aliphatic rings. The summed E-state index contributed by atoms with van der Waals surface area (Å²) in [5, 5.41) is 9.06. The van der Waals surface area contributed by atoms with Crippen LogP contribution < -0.4 is 0 Å². The van der Waals surface area contributed by atoms with Crippen molar-refractivity contribution in [1.82, 2.24) is 9.88 Å². The highest BCUT2D eigenvalue weighted by atomic mass is 16.4. The Morgan fingerprint density at radius 2 is 2.06 bits per heavy atom. The van der Waals surface area contributed by atoms with E-state index in [1.54, 1.807) is 17.3 Å². The Morgan fingerprint density at radius 3 is 2.67 bits per heavy atom. The highest BCUT2D eigenvalue weighted by molar-refractivity contribution is 5.72. The Labute approximate surface area is 106 Å². The van der Waals surface area contributed by atoms with E-state index in [1.165, 1.54) is 0 Å². The first-order valence-corrected chi connectivity index (χ1v) is 5.50. The molecule has 0 spiro atoms. The predicted molar refractivity (Wildman–Crippen MR) is 69.2 cm³/mol. The Balaban J connectivity index is 2.34. The normalized spacial score (nSPS) is 11.1. The lowest BCUT2D eigenvalue weighted by Gasteiger charge is -2.03. The smallest absolute Gasteiger partial charge is 0.238 e. The molecule has 0 saturated carbocycles. The van der Waals surface area contributed by atoms with Crippen LogP contribution in [0.1, 0.15) is 5.89 Å². The van der Waals surface area contributed by atoms with Crippen molar-refractivity contribution in [2.75, 3.05) is 14.1 Å². The molecule has 0 N–H and O–H groups in total. The Hall–Kier alpha value is -2.54. The zero-order valence-corrected chi connectivity index (χ0v) is 10.3. The molecule has 2 rings (SSSR count). The molecule has 18 heavy (non-hydrogen) atoms. The second-order valence-electron chi connectivity index (χ2n) is 4.01. The minimum absolute atomic E-state index is 0.338. The summed E-state index contributed by atoms with van der Waals surface area (Å²) < 4.78 is 5.60. The van der Waals surface area contributed by atoms with E-state index in [9.17, 15) is 0 Å². The molecule has 1 heterocycles. The van der Waals surface area contributed by atoms with E-state index in [0.29, 0.717) is 17.2 Å². The van der Waals surface area contributed by atoms with E-state index < -0.39 is 0 Å². The highest BCUT2D eigenvalue weighted by Crippen LogP contribution is 2.23. The van der Waals surface area contributed by atoms with Crippen molar-refractivity contribution >= 4 is 5.57 Å². The molecule has 0 radical (unpaired) electrons. The molecule has 0 saturated heterocycles. The fraction of sp³-hybridized carbons (Fsp3) is 0.143. The number of aromatic nitrogens is 1. The van der Waals surface area contributed by atoms with E-state index in [-0.39, 0.29) is 0 Å². The largest absolute Gasteiger partial charge is 0.435 e. The lowest BCUT2D eigenvalue weighted by Crippen LogP contribution is -2.02. The summed E-state index contributed by atoms with van der Waals surface area (Å²) in [4.78, 5) is 5.92. The number of oxazole rings is 1. The van der Waals surface area contributed by atoms with Gasteiger partial charge >= 0.3 is 0 Å². The molecule has 90 valence electrons. The van der Waals surface area contributed by atoms with Crippen LogP contribution >= 0.6 is 0 Å². The van der Waals surface area contributed by atoms with Gasteiger partial charge in [-0.05, 0) is 0 Å². The molecule has 2 aromatic rings.